The molecular formula is C58H105NO5. The van der Waals surface area contributed by atoms with Crippen molar-refractivity contribution in [3.05, 3.63) is 60.8 Å². The smallest absolute Gasteiger partial charge is 0.306 e. The Morgan fingerprint density at radius 1 is 0.453 bits per heavy atom. The van der Waals surface area contributed by atoms with E-state index in [1.54, 1.807) is 0 Å². The summed E-state index contributed by atoms with van der Waals surface area (Å²) in [6.07, 6.45) is 64.3. The van der Waals surface area contributed by atoms with Crippen molar-refractivity contribution in [2.24, 2.45) is 0 Å². The van der Waals surface area contributed by atoms with E-state index in [2.05, 4.69) is 86.8 Å². The van der Waals surface area contributed by atoms with Gasteiger partial charge in [0, 0.05) is 6.42 Å². The molecule has 0 bridgehead atoms. The molecule has 0 rings (SSSR count). The number of rotatable bonds is 49. The minimum atomic E-state index is -0.805. The van der Waals surface area contributed by atoms with Gasteiger partial charge in [0.2, 0.25) is 5.91 Å². The Hall–Kier alpha value is -2.44. The summed E-state index contributed by atoms with van der Waals surface area (Å²) in [7, 11) is 0. The van der Waals surface area contributed by atoms with Crippen LogP contribution in [0.5, 0.6) is 0 Å². The van der Waals surface area contributed by atoms with Crippen molar-refractivity contribution in [2.75, 3.05) is 6.61 Å². The Morgan fingerprint density at radius 2 is 0.812 bits per heavy atom. The second-order valence-corrected chi connectivity index (χ2v) is 18.6. The maximum absolute atomic E-state index is 13.2. The first-order chi connectivity index (χ1) is 31.5. The summed E-state index contributed by atoms with van der Waals surface area (Å²) >= 11 is 0. The molecule has 0 heterocycles. The number of hydrogen-bond donors (Lipinski definition) is 3. The van der Waals surface area contributed by atoms with Crippen molar-refractivity contribution in [2.45, 2.75) is 289 Å². The molecule has 3 atom stereocenters. The van der Waals surface area contributed by atoms with Gasteiger partial charge in [-0.1, -0.05) is 229 Å². The molecule has 0 aromatic carbocycles. The van der Waals surface area contributed by atoms with Crippen LogP contribution in [0.3, 0.4) is 0 Å². The second-order valence-electron chi connectivity index (χ2n) is 18.6. The lowest BCUT2D eigenvalue weighted by Crippen LogP contribution is -2.46. The van der Waals surface area contributed by atoms with Crippen LogP contribution in [0, 0.1) is 0 Å². The van der Waals surface area contributed by atoms with Gasteiger partial charge in [0.15, 0.2) is 0 Å². The summed E-state index contributed by atoms with van der Waals surface area (Å²) in [5.41, 5.74) is 0. The summed E-state index contributed by atoms with van der Waals surface area (Å²) in [5.74, 6) is -0.534. The predicted octanol–water partition coefficient (Wildman–Crippen LogP) is 16.8. The lowest BCUT2D eigenvalue weighted by atomic mass is 10.0. The molecule has 372 valence electrons. The molecule has 3 N–H and O–H groups in total. The molecule has 0 aromatic rings. The molecule has 0 aliphatic heterocycles. The Labute approximate surface area is 397 Å². The molecule has 0 aliphatic rings. The van der Waals surface area contributed by atoms with Crippen LogP contribution in [0.4, 0.5) is 0 Å². The molecule has 1 amide bonds. The standard InChI is InChI=1S/C58H105NO5/c1-4-7-10-13-16-19-22-25-27-29-30-32-34-37-40-43-46-49-54(64-58(63)51-48-45-42-39-36-24-21-18-15-12-9-6-3)52-57(62)59-55(53-60)56(61)50-47-44-41-38-35-33-31-28-26-23-20-17-14-11-8-5-2/h16,18-19,21,25,27,30,32,37,40,54-56,60-61H,4-15,17,20,22-24,26,28-29,31,33-36,38-39,41-53H2,1-3H3,(H,59,62)/b19-16-,21-18-,27-25-,32-30-,40-37-. The van der Waals surface area contributed by atoms with E-state index in [4.69, 9.17) is 4.74 Å². The van der Waals surface area contributed by atoms with E-state index in [0.29, 0.717) is 19.3 Å². The Kier molecular flexibility index (Phi) is 49.6. The molecule has 64 heavy (non-hydrogen) atoms. The van der Waals surface area contributed by atoms with Crippen molar-refractivity contribution in [1.82, 2.24) is 5.32 Å². The zero-order chi connectivity index (χ0) is 46.7. The number of carbonyl (C=O) groups is 2. The van der Waals surface area contributed by atoms with Crippen LogP contribution in [0.2, 0.25) is 0 Å². The highest BCUT2D eigenvalue weighted by molar-refractivity contribution is 5.77. The first kappa shape index (κ1) is 61.6. The Morgan fingerprint density at radius 3 is 1.28 bits per heavy atom. The fourth-order valence-corrected chi connectivity index (χ4v) is 8.12. The van der Waals surface area contributed by atoms with Crippen LogP contribution in [-0.4, -0.2) is 46.9 Å². The van der Waals surface area contributed by atoms with Crippen molar-refractivity contribution in [1.29, 1.82) is 0 Å². The monoisotopic (exact) mass is 896 g/mol. The van der Waals surface area contributed by atoms with Gasteiger partial charge >= 0.3 is 5.97 Å². The van der Waals surface area contributed by atoms with Crippen molar-refractivity contribution in [3.8, 4) is 0 Å². The summed E-state index contributed by atoms with van der Waals surface area (Å²) in [6.45, 7) is 6.43. The number of ether oxygens (including phenoxy) is 1. The van der Waals surface area contributed by atoms with Crippen LogP contribution >= 0.6 is 0 Å². The quantitative estimate of drug-likeness (QED) is 0.0321. The summed E-state index contributed by atoms with van der Waals surface area (Å²) in [4.78, 5) is 26.2. The molecule has 0 radical (unpaired) electrons. The highest BCUT2D eigenvalue weighted by Crippen LogP contribution is 2.17. The fraction of sp³-hybridized carbons (Fsp3) is 0.793. The van der Waals surface area contributed by atoms with E-state index < -0.39 is 18.2 Å². The van der Waals surface area contributed by atoms with Gasteiger partial charge in [0.25, 0.3) is 0 Å². The molecule has 0 saturated carbocycles. The fourth-order valence-electron chi connectivity index (χ4n) is 8.12. The second kappa shape index (κ2) is 51.5. The molecular weight excluding hydrogens is 791 g/mol. The first-order valence-electron chi connectivity index (χ1n) is 27.5. The minimum Gasteiger partial charge on any atom is -0.462 e. The van der Waals surface area contributed by atoms with E-state index in [1.807, 2.05) is 0 Å². The molecule has 0 fully saturated rings. The number of esters is 1. The van der Waals surface area contributed by atoms with E-state index >= 15 is 0 Å². The third-order valence-corrected chi connectivity index (χ3v) is 12.3. The number of unbranched alkanes of at least 4 members (excludes halogenated alkanes) is 27. The van der Waals surface area contributed by atoms with Gasteiger partial charge in [-0.25, -0.2) is 0 Å². The number of aliphatic hydroxyl groups excluding tert-OH is 2. The molecule has 6 nitrogen and oxygen atoms in total. The zero-order valence-electron chi connectivity index (χ0n) is 42.4. The molecule has 3 unspecified atom stereocenters. The van der Waals surface area contributed by atoms with Crippen LogP contribution in [-0.2, 0) is 14.3 Å². The third-order valence-electron chi connectivity index (χ3n) is 12.3. The Balaban J connectivity index is 4.65. The van der Waals surface area contributed by atoms with Gasteiger partial charge in [-0.15, -0.1) is 0 Å². The number of hydrogen-bond acceptors (Lipinski definition) is 5. The van der Waals surface area contributed by atoms with Crippen LogP contribution < -0.4 is 5.32 Å². The lowest BCUT2D eigenvalue weighted by molar-refractivity contribution is -0.151. The minimum absolute atomic E-state index is 0.0363. The van der Waals surface area contributed by atoms with E-state index in [9.17, 15) is 19.8 Å². The van der Waals surface area contributed by atoms with Gasteiger partial charge < -0.3 is 20.3 Å². The van der Waals surface area contributed by atoms with Crippen LogP contribution in [0.15, 0.2) is 60.8 Å². The maximum atomic E-state index is 13.2. The molecule has 0 aromatic heterocycles. The average molecular weight is 896 g/mol. The Bertz CT molecular complexity index is 1140. The van der Waals surface area contributed by atoms with Gasteiger partial charge in [-0.3, -0.25) is 9.59 Å². The summed E-state index contributed by atoms with van der Waals surface area (Å²) < 4.78 is 5.91. The molecule has 0 saturated heterocycles. The SMILES string of the molecule is CCCCC/C=C\C/C=C\C/C=C\C/C=C\CCCC(CC(=O)NC(CO)C(O)CCCCCCCCCCCCCCCCCC)OC(=O)CCCCCCC/C=C\CCCCC. The predicted molar refractivity (Wildman–Crippen MR) is 278 cm³/mol. The molecule has 0 aliphatic carbocycles. The average Bonchev–Trinajstić information content (AvgIpc) is 3.29. The first-order valence-corrected chi connectivity index (χ1v) is 27.5. The normalized spacial score (nSPS) is 13.6. The highest BCUT2D eigenvalue weighted by atomic mass is 16.5. The molecule has 0 spiro atoms. The van der Waals surface area contributed by atoms with Gasteiger partial charge in [0.1, 0.15) is 6.10 Å². The van der Waals surface area contributed by atoms with Crippen LogP contribution in [0.1, 0.15) is 271 Å². The number of carbonyl (C=O) groups excluding carboxylic acids is 2. The van der Waals surface area contributed by atoms with Gasteiger partial charge in [0.05, 0.1) is 25.2 Å². The highest BCUT2D eigenvalue weighted by Gasteiger charge is 2.24. The summed E-state index contributed by atoms with van der Waals surface area (Å²) in [6, 6.07) is -0.722. The largest absolute Gasteiger partial charge is 0.462 e. The maximum Gasteiger partial charge on any atom is 0.306 e. The molecule has 6 heteroatoms. The van der Waals surface area contributed by atoms with Gasteiger partial charge in [-0.2, -0.15) is 0 Å². The third kappa shape index (κ3) is 46.1. The number of allylic oxidation sites excluding steroid dienone is 10. The topological polar surface area (TPSA) is 95.9 Å². The number of amides is 1. The van der Waals surface area contributed by atoms with E-state index in [0.717, 1.165) is 77.0 Å². The van der Waals surface area contributed by atoms with Crippen molar-refractivity contribution >= 4 is 11.9 Å². The van der Waals surface area contributed by atoms with Crippen LogP contribution in [0.25, 0.3) is 0 Å². The lowest BCUT2D eigenvalue weighted by Gasteiger charge is -2.24. The number of nitrogens with one attached hydrogen (secondary N) is 1. The van der Waals surface area contributed by atoms with E-state index in [1.165, 1.54) is 148 Å². The number of aliphatic hydroxyl groups is 2. The van der Waals surface area contributed by atoms with E-state index in [-0.39, 0.29) is 24.9 Å². The van der Waals surface area contributed by atoms with Crippen molar-refractivity contribution < 1.29 is 24.5 Å². The summed E-state index contributed by atoms with van der Waals surface area (Å²) in [5, 5.41) is 23.8. The zero-order valence-corrected chi connectivity index (χ0v) is 42.4. The van der Waals surface area contributed by atoms with Crippen molar-refractivity contribution in [3.63, 3.8) is 0 Å². The van der Waals surface area contributed by atoms with Gasteiger partial charge in [-0.05, 0) is 89.9 Å².